The molecule has 1 aromatic heterocycles. The highest BCUT2D eigenvalue weighted by Crippen LogP contribution is 2.36. The second-order valence-electron chi connectivity index (χ2n) is 5.70. The van der Waals surface area contributed by atoms with Crippen molar-refractivity contribution in [3.8, 4) is 11.4 Å². The first kappa shape index (κ1) is 15.2. The average molecular weight is 338 g/mol. The minimum Gasteiger partial charge on any atom is -0.344 e. The van der Waals surface area contributed by atoms with Crippen molar-refractivity contribution in [3.63, 3.8) is 0 Å². The monoisotopic (exact) mass is 337 g/mol. The van der Waals surface area contributed by atoms with Crippen LogP contribution in [0, 0.1) is 5.41 Å². The van der Waals surface area contributed by atoms with E-state index in [0.29, 0.717) is 21.8 Å². The van der Waals surface area contributed by atoms with E-state index in [1.54, 1.807) is 24.1 Å². The summed E-state index contributed by atoms with van der Waals surface area (Å²) in [6.45, 7) is 2.70. The predicted octanol–water partition coefficient (Wildman–Crippen LogP) is 1.88. The number of nitrogen functional groups attached to an aromatic ring is 1. The highest BCUT2D eigenvalue weighted by molar-refractivity contribution is 7.99. The van der Waals surface area contributed by atoms with Gasteiger partial charge >= 0.3 is 0 Å². The van der Waals surface area contributed by atoms with E-state index >= 15 is 0 Å². The molecule has 1 fully saturated rings. The molecule has 0 saturated carbocycles. The number of thioether (sulfide) groups is 1. The molecular formula is C14H16ClN5OS. The molecule has 0 spiro atoms. The van der Waals surface area contributed by atoms with Crippen molar-refractivity contribution < 1.29 is 4.79 Å². The molecule has 1 amide bonds. The lowest BCUT2D eigenvalue weighted by Gasteiger charge is -2.44. The van der Waals surface area contributed by atoms with Gasteiger partial charge in [0.05, 0.1) is 5.41 Å². The van der Waals surface area contributed by atoms with Gasteiger partial charge in [-0.2, -0.15) is 0 Å². The summed E-state index contributed by atoms with van der Waals surface area (Å²) >= 11 is 7.42. The Balaban J connectivity index is 1.76. The lowest BCUT2D eigenvalue weighted by molar-refractivity contribution is -0.153. The number of nitrogens with zero attached hydrogens (tertiary/aromatic N) is 4. The summed E-state index contributed by atoms with van der Waals surface area (Å²) in [6.07, 6.45) is 0. The number of rotatable bonds is 4. The third-order valence-corrected chi connectivity index (χ3v) is 5.27. The number of hydrogen-bond donors (Lipinski definition) is 1. The van der Waals surface area contributed by atoms with E-state index in [-0.39, 0.29) is 11.3 Å². The van der Waals surface area contributed by atoms with E-state index in [1.165, 1.54) is 16.4 Å². The number of nitrogens with two attached hydrogens (primary N) is 1. The zero-order valence-electron chi connectivity index (χ0n) is 12.3. The van der Waals surface area contributed by atoms with Crippen LogP contribution in [-0.2, 0) is 4.79 Å². The van der Waals surface area contributed by atoms with Crippen LogP contribution >= 0.6 is 23.4 Å². The van der Waals surface area contributed by atoms with Gasteiger partial charge in [-0.3, -0.25) is 4.79 Å². The number of amides is 1. The fourth-order valence-electron chi connectivity index (χ4n) is 2.56. The van der Waals surface area contributed by atoms with Crippen LogP contribution in [0.2, 0.25) is 5.02 Å². The number of halogens is 1. The third kappa shape index (κ3) is 2.55. The van der Waals surface area contributed by atoms with Gasteiger partial charge in [-0.05, 0) is 19.1 Å². The smallest absolute Gasteiger partial charge is 0.230 e. The van der Waals surface area contributed by atoms with E-state index in [9.17, 15) is 4.79 Å². The Hall–Kier alpha value is -1.73. The summed E-state index contributed by atoms with van der Waals surface area (Å²) in [5, 5.41) is 9.43. The molecule has 1 aliphatic heterocycles. The van der Waals surface area contributed by atoms with E-state index < -0.39 is 0 Å². The van der Waals surface area contributed by atoms with Crippen LogP contribution in [0.1, 0.15) is 6.92 Å². The van der Waals surface area contributed by atoms with E-state index in [2.05, 4.69) is 10.2 Å². The Morgan fingerprint density at radius 1 is 1.45 bits per heavy atom. The van der Waals surface area contributed by atoms with Gasteiger partial charge in [0.25, 0.3) is 0 Å². The molecule has 22 heavy (non-hydrogen) atoms. The molecule has 1 atom stereocenters. The first-order chi connectivity index (χ1) is 10.4. The molecule has 1 unspecified atom stereocenters. The van der Waals surface area contributed by atoms with Gasteiger partial charge in [0.15, 0.2) is 5.82 Å². The van der Waals surface area contributed by atoms with Crippen molar-refractivity contribution in [2.75, 3.05) is 25.2 Å². The zero-order valence-corrected chi connectivity index (χ0v) is 13.9. The number of carbonyl (C=O) groups is 1. The van der Waals surface area contributed by atoms with Crippen LogP contribution in [0.4, 0.5) is 0 Å². The van der Waals surface area contributed by atoms with Gasteiger partial charge in [-0.1, -0.05) is 35.5 Å². The number of aromatic nitrogens is 3. The lowest BCUT2D eigenvalue weighted by Crippen LogP contribution is -2.59. The van der Waals surface area contributed by atoms with Crippen molar-refractivity contribution >= 4 is 29.3 Å². The molecule has 116 valence electrons. The molecule has 2 N–H and O–H groups in total. The number of likely N-dealkylation sites (tertiary alicyclic amines) is 1. The van der Waals surface area contributed by atoms with Gasteiger partial charge < -0.3 is 10.7 Å². The summed E-state index contributed by atoms with van der Waals surface area (Å²) in [4.78, 5) is 13.6. The van der Waals surface area contributed by atoms with Crippen LogP contribution < -0.4 is 5.84 Å². The predicted molar refractivity (Wildman–Crippen MR) is 87.1 cm³/mol. The summed E-state index contributed by atoms with van der Waals surface area (Å²) in [7, 11) is 1.80. The Bertz CT molecular complexity index is 734. The molecule has 2 aromatic rings. The fourth-order valence-corrected chi connectivity index (χ4v) is 3.74. The summed E-state index contributed by atoms with van der Waals surface area (Å²) in [6, 6.07) is 7.29. The Labute approximate surface area is 137 Å². The summed E-state index contributed by atoms with van der Waals surface area (Å²) in [5.41, 5.74) is 0.460. The quantitative estimate of drug-likeness (QED) is 0.523. The normalized spacial score (nSPS) is 21.0. The van der Waals surface area contributed by atoms with Gasteiger partial charge in [0.2, 0.25) is 11.1 Å². The molecule has 1 saturated heterocycles. The van der Waals surface area contributed by atoms with E-state index in [0.717, 1.165) is 12.1 Å². The second-order valence-corrected chi connectivity index (χ2v) is 7.08. The molecule has 0 aliphatic carbocycles. The van der Waals surface area contributed by atoms with Crippen molar-refractivity contribution in [1.82, 2.24) is 19.8 Å². The summed E-state index contributed by atoms with van der Waals surface area (Å²) in [5.74, 6) is 7.39. The minimum absolute atomic E-state index is 0.151. The Kier molecular flexibility index (Phi) is 3.78. The first-order valence-corrected chi connectivity index (χ1v) is 8.12. The number of β-lactam (4-membered cyclic amide) rings is 1. The molecule has 2 heterocycles. The van der Waals surface area contributed by atoms with Crippen molar-refractivity contribution in [2.45, 2.75) is 12.1 Å². The van der Waals surface area contributed by atoms with Gasteiger partial charge in [0, 0.05) is 29.9 Å². The second kappa shape index (κ2) is 5.48. The number of benzene rings is 1. The average Bonchev–Trinajstić information content (AvgIpc) is 2.86. The minimum atomic E-state index is -0.346. The Morgan fingerprint density at radius 3 is 2.86 bits per heavy atom. The standard InChI is InChI=1S/C14H16ClN5OS/c1-14(7-19(2)12(14)21)8-22-13-18-17-11(20(13)16)9-4-3-5-10(15)6-9/h3-6H,7-8,16H2,1-2H3. The van der Waals surface area contributed by atoms with E-state index in [4.69, 9.17) is 17.4 Å². The van der Waals surface area contributed by atoms with Crippen LogP contribution in [0.3, 0.4) is 0 Å². The lowest BCUT2D eigenvalue weighted by atomic mass is 9.83. The van der Waals surface area contributed by atoms with Crippen molar-refractivity contribution in [2.24, 2.45) is 5.41 Å². The SMILES string of the molecule is CN1CC(C)(CSc2nnc(-c3cccc(Cl)c3)n2N)C1=O. The zero-order chi connectivity index (χ0) is 15.9. The maximum absolute atomic E-state index is 11.9. The molecule has 0 radical (unpaired) electrons. The van der Waals surface area contributed by atoms with Crippen molar-refractivity contribution in [1.29, 1.82) is 0 Å². The van der Waals surface area contributed by atoms with Crippen molar-refractivity contribution in [3.05, 3.63) is 29.3 Å². The van der Waals surface area contributed by atoms with E-state index in [1.807, 2.05) is 19.1 Å². The molecule has 1 aromatic carbocycles. The molecule has 6 nitrogen and oxygen atoms in total. The third-order valence-electron chi connectivity index (χ3n) is 3.72. The topological polar surface area (TPSA) is 77.0 Å². The van der Waals surface area contributed by atoms with Crippen LogP contribution in [-0.4, -0.2) is 45.0 Å². The number of carbonyl (C=O) groups excluding carboxylic acids is 1. The fraction of sp³-hybridized carbons (Fsp3) is 0.357. The first-order valence-electron chi connectivity index (χ1n) is 6.75. The molecule has 8 heteroatoms. The molecule has 1 aliphatic rings. The Morgan fingerprint density at radius 2 is 2.23 bits per heavy atom. The summed E-state index contributed by atoms with van der Waals surface area (Å²) < 4.78 is 1.44. The molecule has 3 rings (SSSR count). The molecule has 0 bridgehead atoms. The highest BCUT2D eigenvalue weighted by Gasteiger charge is 2.46. The number of hydrogen-bond acceptors (Lipinski definition) is 5. The van der Waals surface area contributed by atoms with Gasteiger partial charge in [-0.25, -0.2) is 4.68 Å². The maximum atomic E-state index is 11.9. The van der Waals surface area contributed by atoms with Crippen LogP contribution in [0.5, 0.6) is 0 Å². The van der Waals surface area contributed by atoms with Gasteiger partial charge in [0.1, 0.15) is 0 Å². The highest BCUT2D eigenvalue weighted by atomic mass is 35.5. The maximum Gasteiger partial charge on any atom is 0.230 e. The largest absolute Gasteiger partial charge is 0.344 e. The molecular weight excluding hydrogens is 322 g/mol. The van der Waals surface area contributed by atoms with Crippen LogP contribution in [0.15, 0.2) is 29.4 Å². The van der Waals surface area contributed by atoms with Gasteiger partial charge in [-0.15, -0.1) is 10.2 Å². The van der Waals surface area contributed by atoms with Crippen LogP contribution in [0.25, 0.3) is 11.4 Å².